The van der Waals surface area contributed by atoms with Gasteiger partial charge in [0, 0.05) is 16.0 Å². The molecule has 2 rings (SSSR count). The molecule has 0 saturated carbocycles. The van der Waals surface area contributed by atoms with Crippen molar-refractivity contribution in [2.45, 2.75) is 49.1 Å². The molecule has 0 N–H and O–H groups in total. The third-order valence-electron chi connectivity index (χ3n) is 3.61. The first kappa shape index (κ1) is 22.2. The SMILES string of the molecule is COc1ccc(S(=O)c2ccc(C#C[Si](C)(C)C)cc2C#C[Si](C)(C)C)cc1. The zero-order valence-electron chi connectivity index (χ0n) is 17.8. The Bertz CT molecular complexity index is 990. The second-order valence-corrected chi connectivity index (χ2v) is 19.6. The summed E-state index contributed by atoms with van der Waals surface area (Å²) in [5.74, 6) is 7.33. The molecule has 1 atom stereocenters. The highest BCUT2D eigenvalue weighted by molar-refractivity contribution is 7.85. The molecule has 0 heterocycles. The van der Waals surface area contributed by atoms with E-state index < -0.39 is 26.9 Å². The van der Waals surface area contributed by atoms with Crippen LogP contribution >= 0.6 is 0 Å². The second kappa shape index (κ2) is 8.96. The molecule has 2 aromatic rings. The molecule has 5 heteroatoms. The average molecular weight is 425 g/mol. The third kappa shape index (κ3) is 6.83. The zero-order valence-corrected chi connectivity index (χ0v) is 20.6. The first-order chi connectivity index (χ1) is 13.0. The van der Waals surface area contributed by atoms with Crippen molar-refractivity contribution in [3.63, 3.8) is 0 Å². The Balaban J connectivity index is 2.52. The number of hydrogen-bond donors (Lipinski definition) is 0. The first-order valence-electron chi connectivity index (χ1n) is 9.25. The lowest BCUT2D eigenvalue weighted by Gasteiger charge is -2.09. The minimum absolute atomic E-state index is 0.731. The Labute approximate surface area is 174 Å². The van der Waals surface area contributed by atoms with Crippen LogP contribution in [-0.2, 0) is 10.8 Å². The van der Waals surface area contributed by atoms with Gasteiger partial charge in [-0.05, 0) is 42.5 Å². The van der Waals surface area contributed by atoms with Crippen molar-refractivity contribution >= 4 is 26.9 Å². The molecule has 0 aliphatic carbocycles. The van der Waals surface area contributed by atoms with Crippen molar-refractivity contribution in [3.05, 3.63) is 53.6 Å². The van der Waals surface area contributed by atoms with E-state index in [4.69, 9.17) is 4.74 Å². The number of benzene rings is 2. The van der Waals surface area contributed by atoms with Crippen LogP contribution in [0.3, 0.4) is 0 Å². The van der Waals surface area contributed by atoms with E-state index >= 15 is 0 Å². The van der Waals surface area contributed by atoms with Crippen molar-refractivity contribution in [2.75, 3.05) is 7.11 Å². The molecule has 0 saturated heterocycles. The van der Waals surface area contributed by atoms with Gasteiger partial charge in [0.2, 0.25) is 0 Å². The van der Waals surface area contributed by atoms with Crippen LogP contribution in [0.25, 0.3) is 0 Å². The molecule has 2 nitrogen and oxygen atoms in total. The van der Waals surface area contributed by atoms with Crippen LogP contribution in [0.4, 0.5) is 0 Å². The normalized spacial score (nSPS) is 12.2. The van der Waals surface area contributed by atoms with Crippen LogP contribution in [0.1, 0.15) is 11.1 Å². The molecule has 28 heavy (non-hydrogen) atoms. The number of rotatable bonds is 3. The molecule has 0 spiro atoms. The highest BCUT2D eigenvalue weighted by Crippen LogP contribution is 2.23. The second-order valence-electron chi connectivity index (χ2n) is 8.66. The summed E-state index contributed by atoms with van der Waals surface area (Å²) in [5, 5.41) is 0. The van der Waals surface area contributed by atoms with E-state index in [1.54, 1.807) is 7.11 Å². The Morgan fingerprint density at radius 1 is 0.821 bits per heavy atom. The Morgan fingerprint density at radius 3 is 1.93 bits per heavy atom. The summed E-state index contributed by atoms with van der Waals surface area (Å²) in [6.07, 6.45) is 0. The van der Waals surface area contributed by atoms with Crippen LogP contribution in [-0.4, -0.2) is 27.5 Å². The summed E-state index contributed by atoms with van der Waals surface area (Å²) in [5.41, 5.74) is 8.52. The summed E-state index contributed by atoms with van der Waals surface area (Å²) in [7, 11) is -2.71. The molecule has 1 unspecified atom stereocenters. The van der Waals surface area contributed by atoms with Gasteiger partial charge in [0.1, 0.15) is 21.9 Å². The minimum atomic E-state index is -1.56. The molecular formula is C23H28O2SSi2. The fourth-order valence-electron chi connectivity index (χ4n) is 2.21. The molecule has 0 aliphatic rings. The van der Waals surface area contributed by atoms with Crippen LogP contribution in [0.15, 0.2) is 52.3 Å². The van der Waals surface area contributed by atoms with E-state index in [1.165, 1.54) is 0 Å². The molecular weight excluding hydrogens is 396 g/mol. The van der Waals surface area contributed by atoms with Crippen LogP contribution in [0.2, 0.25) is 39.3 Å². The highest BCUT2D eigenvalue weighted by atomic mass is 32.2. The van der Waals surface area contributed by atoms with Crippen LogP contribution < -0.4 is 4.74 Å². The van der Waals surface area contributed by atoms with Gasteiger partial charge >= 0.3 is 0 Å². The van der Waals surface area contributed by atoms with Gasteiger partial charge < -0.3 is 4.74 Å². The first-order valence-corrected chi connectivity index (χ1v) is 17.4. The smallest absolute Gasteiger partial charge is 0.129 e. The Morgan fingerprint density at radius 2 is 1.39 bits per heavy atom. The maximum atomic E-state index is 13.2. The average Bonchev–Trinajstić information content (AvgIpc) is 2.63. The summed E-state index contributed by atoms with van der Waals surface area (Å²) in [6.45, 7) is 13.3. The molecule has 0 radical (unpaired) electrons. The molecule has 2 aromatic carbocycles. The van der Waals surface area contributed by atoms with Gasteiger partial charge in [-0.3, -0.25) is 0 Å². The van der Waals surface area contributed by atoms with Gasteiger partial charge in [-0.1, -0.05) is 51.1 Å². The highest BCUT2D eigenvalue weighted by Gasteiger charge is 2.14. The largest absolute Gasteiger partial charge is 0.497 e. The van der Waals surface area contributed by atoms with Crippen LogP contribution in [0, 0.1) is 22.9 Å². The maximum Gasteiger partial charge on any atom is 0.129 e. The Kier molecular flexibility index (Phi) is 7.12. The minimum Gasteiger partial charge on any atom is -0.497 e. The Hall–Kier alpha value is -2.06. The topological polar surface area (TPSA) is 26.3 Å². The summed E-state index contributed by atoms with van der Waals surface area (Å²) < 4.78 is 18.4. The fraction of sp³-hybridized carbons (Fsp3) is 0.304. The van der Waals surface area contributed by atoms with E-state index in [1.807, 2.05) is 42.5 Å². The quantitative estimate of drug-likeness (QED) is 0.492. The van der Waals surface area contributed by atoms with Gasteiger partial charge in [-0.2, -0.15) is 0 Å². The summed E-state index contributed by atoms with van der Waals surface area (Å²) in [4.78, 5) is 1.47. The lowest BCUT2D eigenvalue weighted by Crippen LogP contribution is -2.16. The molecule has 0 fully saturated rings. The van der Waals surface area contributed by atoms with Crippen molar-refractivity contribution in [1.82, 2.24) is 0 Å². The van der Waals surface area contributed by atoms with E-state index in [-0.39, 0.29) is 0 Å². The summed E-state index contributed by atoms with van der Waals surface area (Å²) >= 11 is 0. The van der Waals surface area contributed by atoms with Crippen LogP contribution in [0.5, 0.6) is 5.75 Å². The lowest BCUT2D eigenvalue weighted by atomic mass is 10.1. The van der Waals surface area contributed by atoms with Gasteiger partial charge in [0.15, 0.2) is 0 Å². The predicted molar refractivity (Wildman–Crippen MR) is 125 cm³/mol. The monoisotopic (exact) mass is 424 g/mol. The fourth-order valence-corrected chi connectivity index (χ4v) is 4.38. The predicted octanol–water partition coefficient (Wildman–Crippen LogP) is 5.32. The van der Waals surface area contributed by atoms with Crippen molar-refractivity contribution in [3.8, 4) is 28.7 Å². The van der Waals surface area contributed by atoms with Gasteiger partial charge in [0.05, 0.1) is 22.8 Å². The van der Waals surface area contributed by atoms with E-state index in [2.05, 4.69) is 62.2 Å². The van der Waals surface area contributed by atoms with E-state index in [9.17, 15) is 4.21 Å². The molecule has 0 bridgehead atoms. The maximum absolute atomic E-state index is 13.2. The van der Waals surface area contributed by atoms with E-state index in [0.29, 0.717) is 0 Å². The molecule has 146 valence electrons. The van der Waals surface area contributed by atoms with Gasteiger partial charge in [-0.25, -0.2) is 4.21 Å². The number of ether oxygens (including phenoxy) is 1. The van der Waals surface area contributed by atoms with Crippen molar-refractivity contribution in [2.24, 2.45) is 0 Å². The number of methoxy groups -OCH3 is 1. The van der Waals surface area contributed by atoms with Crippen molar-refractivity contribution < 1.29 is 8.95 Å². The standard InChI is InChI=1S/C23H28O2SSi2/c1-25-21-9-11-22(12-10-21)26(24)23-13-8-19(14-16-27(2,3)4)18-20(23)15-17-28(5,6)7/h8-13,18H,1-7H3. The third-order valence-corrected chi connectivity index (χ3v) is 6.81. The zero-order chi connectivity index (χ0) is 20.9. The van der Waals surface area contributed by atoms with Gasteiger partial charge in [0.25, 0.3) is 0 Å². The lowest BCUT2D eigenvalue weighted by molar-refractivity contribution is 0.414. The van der Waals surface area contributed by atoms with E-state index in [0.717, 1.165) is 26.7 Å². The van der Waals surface area contributed by atoms with Crippen molar-refractivity contribution in [1.29, 1.82) is 0 Å². The molecule has 0 aromatic heterocycles. The molecule has 0 amide bonds. The van der Waals surface area contributed by atoms with Gasteiger partial charge in [-0.15, -0.1) is 11.1 Å². The molecule has 0 aliphatic heterocycles. The summed E-state index contributed by atoms with van der Waals surface area (Å²) in [6, 6.07) is 13.2. The number of hydrogen-bond acceptors (Lipinski definition) is 2.